The summed E-state index contributed by atoms with van der Waals surface area (Å²) < 4.78 is 5.15. The summed E-state index contributed by atoms with van der Waals surface area (Å²) in [6.45, 7) is 1.84. The van der Waals surface area contributed by atoms with Gasteiger partial charge in [0.15, 0.2) is 6.04 Å². The highest BCUT2D eigenvalue weighted by Crippen LogP contribution is 2.34. The third kappa shape index (κ3) is 4.59. The van der Waals surface area contributed by atoms with Crippen LogP contribution in [-0.4, -0.2) is 61.0 Å². The molecule has 1 atom stereocenters. The van der Waals surface area contributed by atoms with E-state index in [4.69, 9.17) is 10.5 Å². The molecule has 0 aromatic heterocycles. The van der Waals surface area contributed by atoms with Crippen LogP contribution in [0.2, 0.25) is 0 Å². The Morgan fingerprint density at radius 1 is 1.21 bits per heavy atom. The van der Waals surface area contributed by atoms with Gasteiger partial charge in [0.2, 0.25) is 5.91 Å². The van der Waals surface area contributed by atoms with Crippen molar-refractivity contribution in [3.63, 3.8) is 0 Å². The van der Waals surface area contributed by atoms with Crippen LogP contribution in [0.5, 0.6) is 0 Å². The molecule has 2 saturated carbocycles. The average molecular weight is 400 g/mol. The van der Waals surface area contributed by atoms with E-state index in [-0.39, 0.29) is 24.5 Å². The molecule has 2 aliphatic carbocycles. The fraction of sp³-hybridized carbons (Fsp3) is 0.571. The summed E-state index contributed by atoms with van der Waals surface area (Å²) in [5, 5.41) is 2.83. The third-order valence-corrected chi connectivity index (χ3v) is 5.99. The standard InChI is InChI=1S/C21H28N4O4/c22-20(27)19(25(17-8-9-17)12-14-2-1-3-14)21(28)23-15-4-6-16(7-5-15)24-10-11-29-13-18(24)26/h4-7,14,17,19H,1-3,8-13H2,(H2,22,27)(H,23,28)/t19-/m1/s1. The molecule has 3 aliphatic rings. The van der Waals surface area contributed by atoms with Gasteiger partial charge >= 0.3 is 0 Å². The molecule has 3 amide bonds. The minimum Gasteiger partial charge on any atom is -0.370 e. The summed E-state index contributed by atoms with van der Waals surface area (Å²) in [5.74, 6) is -0.531. The van der Waals surface area contributed by atoms with Crippen LogP contribution >= 0.6 is 0 Å². The topological polar surface area (TPSA) is 105 Å². The Labute approximate surface area is 170 Å². The first-order valence-corrected chi connectivity index (χ1v) is 10.4. The highest BCUT2D eigenvalue weighted by Gasteiger charge is 2.42. The predicted molar refractivity (Wildman–Crippen MR) is 108 cm³/mol. The molecule has 3 fully saturated rings. The number of carbonyl (C=O) groups excluding carboxylic acids is 3. The third-order valence-electron chi connectivity index (χ3n) is 5.99. The summed E-state index contributed by atoms with van der Waals surface area (Å²) in [4.78, 5) is 40.7. The molecule has 0 unspecified atom stereocenters. The largest absolute Gasteiger partial charge is 0.370 e. The minimum atomic E-state index is -0.955. The molecular formula is C21H28N4O4. The Kier molecular flexibility index (Phi) is 5.82. The van der Waals surface area contributed by atoms with E-state index in [1.807, 2.05) is 4.90 Å². The first-order valence-electron chi connectivity index (χ1n) is 10.4. The summed E-state index contributed by atoms with van der Waals surface area (Å²) in [6.07, 6.45) is 5.53. The number of rotatable bonds is 8. The monoisotopic (exact) mass is 400 g/mol. The maximum Gasteiger partial charge on any atom is 0.253 e. The molecule has 4 rings (SSSR count). The van der Waals surface area contributed by atoms with Gasteiger partial charge in [0.1, 0.15) is 6.61 Å². The van der Waals surface area contributed by atoms with Gasteiger partial charge in [-0.1, -0.05) is 6.42 Å². The Bertz CT molecular complexity index is 773. The van der Waals surface area contributed by atoms with E-state index in [2.05, 4.69) is 5.32 Å². The molecule has 1 aromatic carbocycles. The first kappa shape index (κ1) is 19.8. The van der Waals surface area contributed by atoms with Crippen molar-refractivity contribution in [2.75, 3.05) is 36.5 Å². The van der Waals surface area contributed by atoms with Gasteiger partial charge in [0.05, 0.1) is 6.61 Å². The lowest BCUT2D eigenvalue weighted by atomic mass is 9.84. The SMILES string of the molecule is NC(=O)[C@H](C(=O)Nc1ccc(N2CCOCC2=O)cc1)N(CC1CCC1)C1CC1. The normalized spacial score (nSPS) is 21.0. The highest BCUT2D eigenvalue weighted by molar-refractivity contribution is 6.09. The highest BCUT2D eigenvalue weighted by atomic mass is 16.5. The number of nitrogens with two attached hydrogens (primary N) is 1. The van der Waals surface area contributed by atoms with Crippen molar-refractivity contribution < 1.29 is 19.1 Å². The summed E-state index contributed by atoms with van der Waals surface area (Å²) in [5.41, 5.74) is 6.96. The molecule has 1 saturated heterocycles. The molecule has 29 heavy (non-hydrogen) atoms. The summed E-state index contributed by atoms with van der Waals surface area (Å²) in [6, 6.07) is 6.36. The molecule has 8 heteroatoms. The van der Waals surface area contributed by atoms with Crippen molar-refractivity contribution in [1.29, 1.82) is 0 Å². The van der Waals surface area contributed by atoms with Crippen molar-refractivity contribution in [2.45, 2.75) is 44.2 Å². The first-order chi connectivity index (χ1) is 14.0. The molecule has 0 radical (unpaired) electrons. The summed E-state index contributed by atoms with van der Waals surface area (Å²) >= 11 is 0. The van der Waals surface area contributed by atoms with Crippen LogP contribution in [0, 0.1) is 5.92 Å². The molecule has 156 valence electrons. The molecule has 1 heterocycles. The van der Waals surface area contributed by atoms with E-state index in [1.165, 1.54) is 6.42 Å². The Balaban J connectivity index is 1.43. The number of hydrogen-bond acceptors (Lipinski definition) is 5. The van der Waals surface area contributed by atoms with E-state index in [0.717, 1.165) is 37.9 Å². The number of anilines is 2. The number of primary amides is 1. The smallest absolute Gasteiger partial charge is 0.253 e. The molecule has 1 aliphatic heterocycles. The second-order valence-electron chi connectivity index (χ2n) is 8.16. The molecular weight excluding hydrogens is 372 g/mol. The quantitative estimate of drug-likeness (QED) is 0.636. The number of amides is 3. The van der Waals surface area contributed by atoms with Crippen molar-refractivity contribution in [2.24, 2.45) is 11.7 Å². The Morgan fingerprint density at radius 2 is 1.93 bits per heavy atom. The molecule has 0 bridgehead atoms. The number of hydrogen-bond donors (Lipinski definition) is 2. The van der Waals surface area contributed by atoms with Crippen molar-refractivity contribution in [3.8, 4) is 0 Å². The predicted octanol–water partition coefficient (Wildman–Crippen LogP) is 1.11. The van der Waals surface area contributed by atoms with Crippen LogP contribution in [0.15, 0.2) is 24.3 Å². The van der Waals surface area contributed by atoms with Gasteiger partial charge < -0.3 is 20.7 Å². The zero-order valence-electron chi connectivity index (χ0n) is 16.5. The van der Waals surface area contributed by atoms with Crippen LogP contribution in [0.25, 0.3) is 0 Å². The Hall–Kier alpha value is -2.45. The number of nitrogens with one attached hydrogen (secondary N) is 1. The van der Waals surface area contributed by atoms with E-state index in [0.29, 0.717) is 24.8 Å². The maximum absolute atomic E-state index is 12.9. The van der Waals surface area contributed by atoms with Crippen LogP contribution in [-0.2, 0) is 19.1 Å². The van der Waals surface area contributed by atoms with Gasteiger partial charge in [-0.3, -0.25) is 19.3 Å². The maximum atomic E-state index is 12.9. The average Bonchev–Trinajstić information content (AvgIpc) is 3.49. The number of benzene rings is 1. The van der Waals surface area contributed by atoms with Gasteiger partial charge in [-0.15, -0.1) is 0 Å². The van der Waals surface area contributed by atoms with Crippen molar-refractivity contribution in [1.82, 2.24) is 4.90 Å². The van der Waals surface area contributed by atoms with Crippen LogP contribution < -0.4 is 16.0 Å². The number of morpholine rings is 1. The van der Waals surface area contributed by atoms with Crippen LogP contribution in [0.3, 0.4) is 0 Å². The van der Waals surface area contributed by atoms with Crippen molar-refractivity contribution in [3.05, 3.63) is 24.3 Å². The number of ether oxygens (including phenoxy) is 1. The summed E-state index contributed by atoms with van der Waals surface area (Å²) in [7, 11) is 0. The van der Waals surface area contributed by atoms with Crippen LogP contribution in [0.4, 0.5) is 11.4 Å². The van der Waals surface area contributed by atoms with Crippen LogP contribution in [0.1, 0.15) is 32.1 Å². The molecule has 1 aromatic rings. The van der Waals surface area contributed by atoms with E-state index in [1.54, 1.807) is 29.2 Å². The zero-order valence-corrected chi connectivity index (χ0v) is 16.5. The second kappa shape index (κ2) is 8.51. The molecule has 3 N–H and O–H groups in total. The Morgan fingerprint density at radius 3 is 2.48 bits per heavy atom. The lowest BCUT2D eigenvalue weighted by Crippen LogP contribution is -2.54. The van der Waals surface area contributed by atoms with E-state index in [9.17, 15) is 14.4 Å². The zero-order chi connectivity index (χ0) is 20.4. The van der Waals surface area contributed by atoms with Gasteiger partial charge in [-0.25, -0.2) is 0 Å². The number of nitrogens with zero attached hydrogens (tertiary/aromatic N) is 2. The molecule has 0 spiro atoms. The lowest BCUT2D eigenvalue weighted by molar-refractivity contribution is -0.133. The molecule has 8 nitrogen and oxygen atoms in total. The number of carbonyl (C=O) groups is 3. The van der Waals surface area contributed by atoms with E-state index < -0.39 is 11.9 Å². The van der Waals surface area contributed by atoms with E-state index >= 15 is 0 Å². The van der Waals surface area contributed by atoms with Gasteiger partial charge in [-0.2, -0.15) is 0 Å². The van der Waals surface area contributed by atoms with Gasteiger partial charge in [0.25, 0.3) is 11.8 Å². The lowest BCUT2D eigenvalue weighted by Gasteiger charge is -2.35. The van der Waals surface area contributed by atoms with Crippen molar-refractivity contribution >= 4 is 29.1 Å². The second-order valence-corrected chi connectivity index (χ2v) is 8.16. The fourth-order valence-electron chi connectivity index (χ4n) is 4.01. The minimum absolute atomic E-state index is 0.0801. The van der Waals surface area contributed by atoms with Gasteiger partial charge in [0, 0.05) is 30.5 Å². The fourth-order valence-corrected chi connectivity index (χ4v) is 4.01. The van der Waals surface area contributed by atoms with Gasteiger partial charge in [-0.05, 0) is 55.9 Å².